The van der Waals surface area contributed by atoms with Gasteiger partial charge in [0, 0.05) is 5.92 Å². The second-order valence-electron chi connectivity index (χ2n) is 5.57. The Morgan fingerprint density at radius 2 is 1.81 bits per heavy atom. The van der Waals surface area contributed by atoms with E-state index in [0.717, 1.165) is 24.8 Å². The molecule has 0 spiro atoms. The summed E-state index contributed by atoms with van der Waals surface area (Å²) in [5, 5.41) is 12.2. The van der Waals surface area contributed by atoms with Crippen molar-refractivity contribution in [1.29, 1.82) is 0 Å². The van der Waals surface area contributed by atoms with Crippen molar-refractivity contribution < 1.29 is 14.7 Å². The third-order valence-corrected chi connectivity index (χ3v) is 3.78. The Morgan fingerprint density at radius 3 is 2.33 bits per heavy atom. The zero-order valence-corrected chi connectivity index (χ0v) is 13.0. The van der Waals surface area contributed by atoms with Gasteiger partial charge >= 0.3 is 5.97 Å². The van der Waals surface area contributed by atoms with Crippen molar-refractivity contribution in [1.82, 2.24) is 5.32 Å². The van der Waals surface area contributed by atoms with Gasteiger partial charge in [0.15, 0.2) is 0 Å². The number of benzene rings is 1. The Morgan fingerprint density at radius 1 is 1.19 bits per heavy atom. The number of carbonyl (C=O) groups excluding carboxylic acids is 1. The molecule has 0 saturated heterocycles. The molecule has 0 aliphatic heterocycles. The van der Waals surface area contributed by atoms with E-state index in [1.54, 1.807) is 6.92 Å². The van der Waals surface area contributed by atoms with Crippen LogP contribution in [0.5, 0.6) is 0 Å². The van der Waals surface area contributed by atoms with Crippen LogP contribution in [-0.2, 0) is 9.59 Å². The number of hydrogen-bond acceptors (Lipinski definition) is 2. The van der Waals surface area contributed by atoms with Crippen molar-refractivity contribution in [2.24, 2.45) is 11.8 Å². The van der Waals surface area contributed by atoms with Crippen LogP contribution in [0, 0.1) is 11.8 Å². The summed E-state index contributed by atoms with van der Waals surface area (Å²) in [6.07, 6.45) is 2.87. The fraction of sp³-hybridized carbons (Fsp3) is 0.529. The molecule has 21 heavy (non-hydrogen) atoms. The standard InChI is InChI=1S/C17H25NO3/c1-4-5-9-12(2)16(19)18-15(13(3)17(20)21)14-10-7-6-8-11-14/h6-8,10-13,15H,4-5,9H2,1-3H3,(H,18,19)(H,20,21). The van der Waals surface area contributed by atoms with Crippen molar-refractivity contribution in [3.8, 4) is 0 Å². The highest BCUT2D eigenvalue weighted by atomic mass is 16.4. The van der Waals surface area contributed by atoms with Gasteiger partial charge in [0.05, 0.1) is 12.0 Å². The number of carboxylic acid groups (broad SMARTS) is 1. The van der Waals surface area contributed by atoms with E-state index >= 15 is 0 Å². The lowest BCUT2D eigenvalue weighted by atomic mass is 9.93. The Hall–Kier alpha value is -1.84. The minimum atomic E-state index is -0.912. The van der Waals surface area contributed by atoms with Crippen LogP contribution in [0.25, 0.3) is 0 Å². The van der Waals surface area contributed by atoms with Gasteiger partial charge in [-0.3, -0.25) is 9.59 Å². The van der Waals surface area contributed by atoms with E-state index in [-0.39, 0.29) is 11.8 Å². The molecule has 0 aromatic heterocycles. The molecule has 2 N–H and O–H groups in total. The zero-order valence-electron chi connectivity index (χ0n) is 13.0. The normalized spacial score (nSPS) is 15.0. The number of rotatable bonds is 8. The molecule has 3 unspecified atom stereocenters. The molecule has 0 heterocycles. The van der Waals surface area contributed by atoms with Gasteiger partial charge in [0.25, 0.3) is 0 Å². The summed E-state index contributed by atoms with van der Waals surface area (Å²) in [4.78, 5) is 23.5. The fourth-order valence-electron chi connectivity index (χ4n) is 2.24. The van der Waals surface area contributed by atoms with Crippen molar-refractivity contribution >= 4 is 11.9 Å². The van der Waals surface area contributed by atoms with Crippen molar-refractivity contribution in [2.45, 2.75) is 46.1 Å². The fourth-order valence-corrected chi connectivity index (χ4v) is 2.24. The molecule has 0 aliphatic carbocycles. The first kappa shape index (κ1) is 17.2. The molecule has 0 radical (unpaired) electrons. The van der Waals surface area contributed by atoms with E-state index in [1.165, 1.54) is 0 Å². The second-order valence-corrected chi connectivity index (χ2v) is 5.57. The summed E-state index contributed by atoms with van der Waals surface area (Å²) in [6, 6.07) is 8.77. The number of aliphatic carboxylic acids is 1. The molecule has 4 nitrogen and oxygen atoms in total. The van der Waals surface area contributed by atoms with Gasteiger partial charge in [0.2, 0.25) is 5.91 Å². The van der Waals surface area contributed by atoms with E-state index in [9.17, 15) is 14.7 Å². The van der Waals surface area contributed by atoms with Crippen LogP contribution in [0.1, 0.15) is 51.6 Å². The highest BCUT2D eigenvalue weighted by Crippen LogP contribution is 2.23. The van der Waals surface area contributed by atoms with Gasteiger partial charge in [-0.15, -0.1) is 0 Å². The van der Waals surface area contributed by atoms with Crippen LogP contribution in [0.3, 0.4) is 0 Å². The molecule has 0 aliphatic rings. The molecule has 1 rings (SSSR count). The number of carbonyl (C=O) groups is 2. The molecular weight excluding hydrogens is 266 g/mol. The SMILES string of the molecule is CCCCC(C)C(=O)NC(c1ccccc1)C(C)C(=O)O. The number of amides is 1. The van der Waals surface area contributed by atoms with Crippen LogP contribution in [0.4, 0.5) is 0 Å². The summed E-state index contributed by atoms with van der Waals surface area (Å²) in [5.41, 5.74) is 0.823. The maximum atomic E-state index is 12.3. The van der Waals surface area contributed by atoms with Crippen LogP contribution in [-0.4, -0.2) is 17.0 Å². The molecular formula is C17H25NO3. The van der Waals surface area contributed by atoms with Gasteiger partial charge in [0.1, 0.15) is 0 Å². The van der Waals surface area contributed by atoms with Gasteiger partial charge in [-0.05, 0) is 18.9 Å². The Balaban J connectivity index is 2.83. The molecule has 0 saturated carbocycles. The summed E-state index contributed by atoms with van der Waals surface area (Å²) in [5.74, 6) is -1.76. The minimum Gasteiger partial charge on any atom is -0.481 e. The smallest absolute Gasteiger partial charge is 0.308 e. The second kappa shape index (κ2) is 8.45. The van der Waals surface area contributed by atoms with E-state index in [1.807, 2.05) is 37.3 Å². The predicted molar refractivity (Wildman–Crippen MR) is 82.8 cm³/mol. The topological polar surface area (TPSA) is 66.4 Å². The first-order valence-corrected chi connectivity index (χ1v) is 7.55. The molecule has 0 fully saturated rings. The number of hydrogen-bond donors (Lipinski definition) is 2. The monoisotopic (exact) mass is 291 g/mol. The molecule has 1 aromatic carbocycles. The number of carboxylic acids is 1. The lowest BCUT2D eigenvalue weighted by molar-refractivity contribution is -0.142. The molecule has 116 valence electrons. The minimum absolute atomic E-state index is 0.0783. The molecule has 1 amide bonds. The lowest BCUT2D eigenvalue weighted by Gasteiger charge is -2.24. The zero-order chi connectivity index (χ0) is 15.8. The quantitative estimate of drug-likeness (QED) is 0.771. The van der Waals surface area contributed by atoms with Crippen LogP contribution in [0.15, 0.2) is 30.3 Å². The number of unbranched alkanes of at least 4 members (excludes halogenated alkanes) is 1. The maximum Gasteiger partial charge on any atom is 0.308 e. The van der Waals surface area contributed by atoms with Gasteiger partial charge < -0.3 is 10.4 Å². The van der Waals surface area contributed by atoms with E-state index in [2.05, 4.69) is 12.2 Å². The third-order valence-electron chi connectivity index (χ3n) is 3.78. The highest BCUT2D eigenvalue weighted by molar-refractivity contribution is 5.80. The molecule has 3 atom stereocenters. The Kier molecular flexibility index (Phi) is 6.92. The van der Waals surface area contributed by atoms with Gasteiger partial charge in [-0.2, -0.15) is 0 Å². The first-order valence-electron chi connectivity index (χ1n) is 7.55. The average Bonchev–Trinajstić information content (AvgIpc) is 2.49. The molecule has 0 bridgehead atoms. The third kappa shape index (κ3) is 5.21. The van der Waals surface area contributed by atoms with Crippen molar-refractivity contribution in [3.05, 3.63) is 35.9 Å². The average molecular weight is 291 g/mol. The summed E-state index contributed by atoms with van der Waals surface area (Å²) < 4.78 is 0. The van der Waals surface area contributed by atoms with Crippen LogP contribution in [0.2, 0.25) is 0 Å². The first-order chi connectivity index (χ1) is 9.97. The highest BCUT2D eigenvalue weighted by Gasteiger charge is 2.27. The van der Waals surface area contributed by atoms with Crippen LogP contribution < -0.4 is 5.32 Å². The predicted octanol–water partition coefficient (Wildman–Crippen LogP) is 3.39. The Bertz CT molecular complexity index is 458. The molecule has 1 aromatic rings. The number of nitrogens with one attached hydrogen (secondary N) is 1. The van der Waals surface area contributed by atoms with Crippen molar-refractivity contribution in [2.75, 3.05) is 0 Å². The Labute approximate surface area is 126 Å². The molecule has 4 heteroatoms. The van der Waals surface area contributed by atoms with E-state index in [0.29, 0.717) is 0 Å². The lowest BCUT2D eigenvalue weighted by Crippen LogP contribution is -2.38. The van der Waals surface area contributed by atoms with Crippen LogP contribution >= 0.6 is 0 Å². The maximum absolute atomic E-state index is 12.3. The summed E-state index contributed by atoms with van der Waals surface area (Å²) >= 11 is 0. The van der Waals surface area contributed by atoms with E-state index < -0.39 is 17.9 Å². The largest absolute Gasteiger partial charge is 0.481 e. The van der Waals surface area contributed by atoms with Gasteiger partial charge in [-0.25, -0.2) is 0 Å². The van der Waals surface area contributed by atoms with Gasteiger partial charge in [-0.1, -0.05) is 57.0 Å². The van der Waals surface area contributed by atoms with Crippen molar-refractivity contribution in [3.63, 3.8) is 0 Å². The summed E-state index contributed by atoms with van der Waals surface area (Å²) in [6.45, 7) is 5.60. The summed E-state index contributed by atoms with van der Waals surface area (Å²) in [7, 11) is 0. The van der Waals surface area contributed by atoms with E-state index in [4.69, 9.17) is 0 Å².